The molecule has 0 N–H and O–H groups in total. The molecular weight excluding hydrogens is 458 g/mol. The van der Waals surface area contributed by atoms with Crippen LogP contribution in [-0.2, 0) is 5.41 Å². The van der Waals surface area contributed by atoms with Crippen molar-refractivity contribution in [2.24, 2.45) is 17.8 Å². The van der Waals surface area contributed by atoms with Crippen molar-refractivity contribution < 1.29 is 0 Å². The van der Waals surface area contributed by atoms with Crippen molar-refractivity contribution in [1.29, 1.82) is 0 Å². The van der Waals surface area contributed by atoms with Gasteiger partial charge in [-0.3, -0.25) is 0 Å². The van der Waals surface area contributed by atoms with Crippen molar-refractivity contribution in [3.05, 3.63) is 109 Å². The fourth-order valence-electron chi connectivity index (χ4n) is 5.78. The average molecular weight is 508 g/mol. The molecule has 4 atom stereocenters. The van der Waals surface area contributed by atoms with E-state index < -0.39 is 0 Å². The summed E-state index contributed by atoms with van der Waals surface area (Å²) in [5, 5.41) is 0. The van der Waals surface area contributed by atoms with Crippen molar-refractivity contribution in [2.75, 3.05) is 4.90 Å². The molecule has 3 rings (SSSR count). The van der Waals surface area contributed by atoms with E-state index >= 15 is 0 Å². The highest BCUT2D eigenvalue weighted by Gasteiger charge is 2.30. The molecule has 0 heterocycles. The molecule has 0 bridgehead atoms. The lowest BCUT2D eigenvalue weighted by Crippen LogP contribution is -2.38. The zero-order valence-corrected chi connectivity index (χ0v) is 25.0. The normalized spacial score (nSPS) is 15.2. The fraction of sp³-hybridized carbons (Fsp3) is 0.405. The molecule has 0 saturated heterocycles. The van der Waals surface area contributed by atoms with E-state index in [0.29, 0.717) is 23.8 Å². The van der Waals surface area contributed by atoms with Crippen molar-refractivity contribution >= 4 is 11.4 Å². The summed E-state index contributed by atoms with van der Waals surface area (Å²) in [5.74, 6) is 1.26. The number of para-hydroxylation sites is 1. The predicted octanol–water partition coefficient (Wildman–Crippen LogP) is 10.9. The van der Waals surface area contributed by atoms with Crippen LogP contribution in [0.2, 0.25) is 0 Å². The molecule has 0 fully saturated rings. The SMILES string of the molecule is C=CC(C)[C@H](/C=C\C)[C@H](C)[C@H](C)N(c1ccccc1)c1ccc(-c2ccc(C(C)(CC)CC)cc2)cc1C. The molecule has 1 heteroatoms. The first-order chi connectivity index (χ1) is 18.2. The zero-order chi connectivity index (χ0) is 27.9. The summed E-state index contributed by atoms with van der Waals surface area (Å²) in [5.41, 5.74) is 8.02. The number of hydrogen-bond acceptors (Lipinski definition) is 1. The van der Waals surface area contributed by atoms with E-state index in [2.05, 4.69) is 158 Å². The monoisotopic (exact) mass is 507 g/mol. The molecule has 1 unspecified atom stereocenters. The van der Waals surface area contributed by atoms with Crippen LogP contribution in [0, 0.1) is 24.7 Å². The molecule has 202 valence electrons. The van der Waals surface area contributed by atoms with E-state index in [9.17, 15) is 0 Å². The molecule has 0 spiro atoms. The van der Waals surface area contributed by atoms with Gasteiger partial charge in [0, 0.05) is 17.4 Å². The molecule has 38 heavy (non-hydrogen) atoms. The van der Waals surface area contributed by atoms with Gasteiger partial charge in [-0.2, -0.15) is 0 Å². The molecule has 3 aromatic rings. The third kappa shape index (κ3) is 6.32. The number of nitrogens with zero attached hydrogens (tertiary/aromatic N) is 1. The second-order valence-corrected chi connectivity index (χ2v) is 11.3. The van der Waals surface area contributed by atoms with Crippen LogP contribution in [0.15, 0.2) is 97.6 Å². The van der Waals surface area contributed by atoms with Crippen LogP contribution in [0.3, 0.4) is 0 Å². The maximum Gasteiger partial charge on any atom is 0.0443 e. The Morgan fingerprint density at radius 2 is 1.47 bits per heavy atom. The van der Waals surface area contributed by atoms with Gasteiger partial charge >= 0.3 is 0 Å². The smallest absolute Gasteiger partial charge is 0.0443 e. The molecule has 0 radical (unpaired) electrons. The Morgan fingerprint density at radius 1 is 0.868 bits per heavy atom. The lowest BCUT2D eigenvalue weighted by atomic mass is 9.77. The second kappa shape index (κ2) is 13.1. The Labute approximate surface area is 233 Å². The third-order valence-corrected chi connectivity index (χ3v) is 9.14. The molecule has 0 aliphatic carbocycles. The summed E-state index contributed by atoms with van der Waals surface area (Å²) in [6.07, 6.45) is 8.95. The predicted molar refractivity (Wildman–Crippen MR) is 169 cm³/mol. The third-order valence-electron chi connectivity index (χ3n) is 9.14. The minimum atomic E-state index is 0.245. The largest absolute Gasteiger partial charge is 0.338 e. The number of hydrogen-bond donors (Lipinski definition) is 0. The number of anilines is 2. The van der Waals surface area contributed by atoms with Gasteiger partial charge in [0.1, 0.15) is 0 Å². The van der Waals surface area contributed by atoms with Crippen molar-refractivity contribution in [2.45, 2.75) is 79.7 Å². The highest BCUT2D eigenvalue weighted by molar-refractivity contribution is 5.73. The molecule has 0 amide bonds. The van der Waals surface area contributed by atoms with Gasteiger partial charge in [0.2, 0.25) is 0 Å². The molecular formula is C37H49N. The lowest BCUT2D eigenvalue weighted by Gasteiger charge is -2.40. The standard InChI is InChI=1S/C37H49N/c1-10-17-35(27(5)11-2)29(7)30(8)38(34-18-15-14-16-19-34)36-25-22-32(26-28(36)6)31-20-23-33(24-21-31)37(9,12-3)13-4/h10-11,14-27,29-30,35H,2,12-13H2,1,3-9H3/b17-10-/t27?,29-,30+,35+/m1/s1. The van der Waals surface area contributed by atoms with Crippen LogP contribution in [0.1, 0.15) is 72.4 Å². The Balaban J connectivity index is 2.01. The van der Waals surface area contributed by atoms with Gasteiger partial charge < -0.3 is 4.90 Å². The zero-order valence-electron chi connectivity index (χ0n) is 25.0. The maximum absolute atomic E-state index is 4.10. The van der Waals surface area contributed by atoms with Gasteiger partial charge in [-0.25, -0.2) is 0 Å². The van der Waals surface area contributed by atoms with Crippen molar-refractivity contribution in [1.82, 2.24) is 0 Å². The van der Waals surface area contributed by atoms with Gasteiger partial charge in [0.25, 0.3) is 0 Å². The van der Waals surface area contributed by atoms with Crippen LogP contribution in [-0.4, -0.2) is 6.04 Å². The Hall–Kier alpha value is -3.06. The number of aryl methyl sites for hydroxylation is 1. The van der Waals surface area contributed by atoms with Gasteiger partial charge in [-0.15, -0.1) is 6.58 Å². The summed E-state index contributed by atoms with van der Waals surface area (Å²) < 4.78 is 0. The van der Waals surface area contributed by atoms with E-state index in [4.69, 9.17) is 0 Å². The molecule has 0 aliphatic rings. The van der Waals surface area contributed by atoms with Crippen LogP contribution in [0.5, 0.6) is 0 Å². The first-order valence-electron chi connectivity index (χ1n) is 14.5. The highest BCUT2D eigenvalue weighted by Crippen LogP contribution is 2.39. The first kappa shape index (κ1) is 29.5. The average Bonchev–Trinajstić information content (AvgIpc) is 2.96. The van der Waals surface area contributed by atoms with Gasteiger partial charge in [-0.05, 0) is 103 Å². The molecule has 0 aromatic heterocycles. The molecule has 1 nitrogen and oxygen atoms in total. The lowest BCUT2D eigenvalue weighted by molar-refractivity contribution is 0.315. The summed E-state index contributed by atoms with van der Waals surface area (Å²) in [4.78, 5) is 2.53. The minimum absolute atomic E-state index is 0.245. The van der Waals surface area contributed by atoms with Crippen LogP contribution in [0.25, 0.3) is 11.1 Å². The molecule has 0 saturated carbocycles. The number of rotatable bonds is 12. The van der Waals surface area contributed by atoms with Gasteiger partial charge in [-0.1, -0.05) is 101 Å². The summed E-state index contributed by atoms with van der Waals surface area (Å²) in [6.45, 7) is 22.5. The number of benzene rings is 3. The molecule has 3 aromatic carbocycles. The Kier molecular flexibility index (Phi) is 10.2. The van der Waals surface area contributed by atoms with E-state index in [0.717, 1.165) is 12.8 Å². The summed E-state index contributed by atoms with van der Waals surface area (Å²) >= 11 is 0. The van der Waals surface area contributed by atoms with E-state index in [1.807, 2.05) is 0 Å². The summed E-state index contributed by atoms with van der Waals surface area (Å²) in [7, 11) is 0. The maximum atomic E-state index is 4.10. The first-order valence-corrected chi connectivity index (χ1v) is 14.5. The molecule has 0 aliphatic heterocycles. The van der Waals surface area contributed by atoms with Crippen molar-refractivity contribution in [3.63, 3.8) is 0 Å². The van der Waals surface area contributed by atoms with Gasteiger partial charge in [0.05, 0.1) is 0 Å². The highest BCUT2D eigenvalue weighted by atomic mass is 15.2. The van der Waals surface area contributed by atoms with Crippen LogP contribution in [0.4, 0.5) is 11.4 Å². The van der Waals surface area contributed by atoms with Gasteiger partial charge in [0.15, 0.2) is 0 Å². The number of allylic oxidation sites excluding steroid dienone is 3. The second-order valence-electron chi connectivity index (χ2n) is 11.3. The quantitative estimate of drug-likeness (QED) is 0.220. The summed E-state index contributed by atoms with van der Waals surface area (Å²) in [6, 6.07) is 27.3. The fourth-order valence-corrected chi connectivity index (χ4v) is 5.78. The van der Waals surface area contributed by atoms with E-state index in [1.54, 1.807) is 0 Å². The van der Waals surface area contributed by atoms with E-state index in [1.165, 1.54) is 33.6 Å². The van der Waals surface area contributed by atoms with Crippen molar-refractivity contribution in [3.8, 4) is 11.1 Å². The van der Waals surface area contributed by atoms with E-state index in [-0.39, 0.29) is 5.41 Å². The van der Waals surface area contributed by atoms with Crippen LogP contribution >= 0.6 is 0 Å². The van der Waals surface area contributed by atoms with Crippen LogP contribution < -0.4 is 4.90 Å². The minimum Gasteiger partial charge on any atom is -0.338 e. The Morgan fingerprint density at radius 3 is 2.00 bits per heavy atom. The Bertz CT molecular complexity index is 1180. The topological polar surface area (TPSA) is 3.24 Å².